The lowest BCUT2D eigenvalue weighted by Gasteiger charge is -2.19. The van der Waals surface area contributed by atoms with Gasteiger partial charge >= 0.3 is 12.0 Å². The maximum absolute atomic E-state index is 12.3. The third-order valence-corrected chi connectivity index (χ3v) is 5.28. The molecular formula is C16H22N6O9S. The number of rotatable bonds is 8. The normalized spacial score (nSPS) is 24.9. The van der Waals surface area contributed by atoms with E-state index in [0.29, 0.717) is 0 Å². The standard InChI is InChI=1S/C16H22N6O9S/c1-32-16-20-11(19-15(30)18-7(14(28)29)5(25)2-23)8-12(21-16)22(4-17-8)13-10(27)9(26)6(3-24)31-13/h4-7,9-10,13,23-27H,2-3H2,1H3,(H,28,29)(H2,18,19,20,21,30)/t5?,6-,7?,9+,10+,13-/m1/s1. The molecule has 176 valence electrons. The highest BCUT2D eigenvalue weighted by Crippen LogP contribution is 2.33. The van der Waals surface area contributed by atoms with E-state index in [1.165, 1.54) is 10.9 Å². The summed E-state index contributed by atoms with van der Waals surface area (Å²) in [6.45, 7) is -1.41. The molecule has 2 amide bonds. The lowest BCUT2D eigenvalue weighted by molar-refractivity contribution is -0.142. The minimum atomic E-state index is -1.78. The van der Waals surface area contributed by atoms with Gasteiger partial charge in [-0.2, -0.15) is 0 Å². The highest BCUT2D eigenvalue weighted by molar-refractivity contribution is 7.98. The van der Waals surface area contributed by atoms with Crippen LogP contribution in [0.15, 0.2) is 11.5 Å². The highest BCUT2D eigenvalue weighted by atomic mass is 32.2. The van der Waals surface area contributed by atoms with Crippen molar-refractivity contribution in [1.82, 2.24) is 24.8 Å². The predicted molar refractivity (Wildman–Crippen MR) is 107 cm³/mol. The maximum atomic E-state index is 12.3. The van der Waals surface area contributed by atoms with Crippen LogP contribution in [0.3, 0.4) is 0 Å². The first-order valence-electron chi connectivity index (χ1n) is 9.22. The molecule has 0 aromatic carbocycles. The molecule has 3 heterocycles. The minimum Gasteiger partial charge on any atom is -0.480 e. The molecule has 15 nitrogen and oxygen atoms in total. The topological polar surface area (TPSA) is 232 Å². The van der Waals surface area contributed by atoms with Crippen molar-refractivity contribution in [2.24, 2.45) is 0 Å². The number of carbonyl (C=O) groups is 2. The van der Waals surface area contributed by atoms with Crippen molar-refractivity contribution in [3.05, 3.63) is 6.33 Å². The average molecular weight is 474 g/mol. The summed E-state index contributed by atoms with van der Waals surface area (Å²) in [5.74, 6) is -1.67. The molecule has 1 fully saturated rings. The summed E-state index contributed by atoms with van der Waals surface area (Å²) in [5, 5.41) is 61.8. The third-order valence-electron chi connectivity index (χ3n) is 4.73. The van der Waals surface area contributed by atoms with Gasteiger partial charge in [0.25, 0.3) is 0 Å². The molecule has 6 atom stereocenters. The SMILES string of the molecule is CSc1nc(NC(=O)NC(C(=O)O)C(O)CO)c2ncn([C@@H]3O[C@H](CO)[C@H](O)[C@@H]3O)c2n1. The Balaban J connectivity index is 1.92. The predicted octanol–water partition coefficient (Wildman–Crippen LogP) is -2.91. The number of aliphatic hydroxyl groups excluding tert-OH is 5. The monoisotopic (exact) mass is 474 g/mol. The Kier molecular flexibility index (Phi) is 7.44. The molecule has 8 N–H and O–H groups in total. The van der Waals surface area contributed by atoms with Crippen molar-refractivity contribution in [2.45, 2.75) is 41.8 Å². The number of carboxylic acids is 1. The number of ether oxygens (including phenoxy) is 1. The fourth-order valence-electron chi connectivity index (χ4n) is 3.08. The van der Waals surface area contributed by atoms with Gasteiger partial charge in [0.05, 0.1) is 19.5 Å². The number of anilines is 1. The second-order valence-corrected chi connectivity index (χ2v) is 7.55. The van der Waals surface area contributed by atoms with E-state index >= 15 is 0 Å². The number of aliphatic carboxylic acids is 1. The van der Waals surface area contributed by atoms with E-state index in [9.17, 15) is 30.0 Å². The van der Waals surface area contributed by atoms with Crippen LogP contribution in [-0.4, -0.2) is 112 Å². The quantitative estimate of drug-likeness (QED) is 0.142. The first-order valence-corrected chi connectivity index (χ1v) is 10.4. The molecule has 16 heteroatoms. The molecule has 0 spiro atoms. The number of amides is 2. The maximum Gasteiger partial charge on any atom is 0.329 e. The van der Waals surface area contributed by atoms with E-state index in [-0.39, 0.29) is 22.1 Å². The lowest BCUT2D eigenvalue weighted by Crippen LogP contribution is -2.51. The molecule has 0 aliphatic carbocycles. The van der Waals surface area contributed by atoms with Crippen molar-refractivity contribution < 1.29 is 45.0 Å². The van der Waals surface area contributed by atoms with Gasteiger partial charge in [0.2, 0.25) is 0 Å². The number of imidazole rings is 1. The molecule has 32 heavy (non-hydrogen) atoms. The van der Waals surface area contributed by atoms with Gasteiger partial charge in [0.1, 0.15) is 24.4 Å². The van der Waals surface area contributed by atoms with E-state index in [1.54, 1.807) is 6.26 Å². The smallest absolute Gasteiger partial charge is 0.329 e. The van der Waals surface area contributed by atoms with E-state index in [0.717, 1.165) is 11.8 Å². The number of fused-ring (bicyclic) bond motifs is 1. The van der Waals surface area contributed by atoms with Crippen LogP contribution >= 0.6 is 11.8 Å². The zero-order valence-electron chi connectivity index (χ0n) is 16.6. The zero-order valence-corrected chi connectivity index (χ0v) is 17.4. The first kappa shape index (κ1) is 24.1. The molecule has 1 aliphatic heterocycles. The Morgan fingerprint density at radius 3 is 2.56 bits per heavy atom. The molecular weight excluding hydrogens is 452 g/mol. The van der Waals surface area contributed by atoms with Crippen LogP contribution in [0.2, 0.25) is 0 Å². The fraction of sp³-hybridized carbons (Fsp3) is 0.562. The van der Waals surface area contributed by atoms with Crippen LogP contribution in [0, 0.1) is 0 Å². The van der Waals surface area contributed by atoms with Crippen molar-refractivity contribution in [3.63, 3.8) is 0 Å². The number of nitrogens with one attached hydrogen (secondary N) is 2. The number of nitrogens with zero attached hydrogens (tertiary/aromatic N) is 4. The lowest BCUT2D eigenvalue weighted by atomic mass is 10.1. The van der Waals surface area contributed by atoms with E-state index in [1.807, 2.05) is 5.32 Å². The summed E-state index contributed by atoms with van der Waals surface area (Å²) in [5.41, 5.74) is 0.185. The van der Waals surface area contributed by atoms with Crippen molar-refractivity contribution in [3.8, 4) is 0 Å². The second kappa shape index (κ2) is 9.90. The van der Waals surface area contributed by atoms with Crippen molar-refractivity contribution >= 4 is 40.7 Å². The summed E-state index contributed by atoms with van der Waals surface area (Å²) < 4.78 is 6.79. The summed E-state index contributed by atoms with van der Waals surface area (Å²) >= 11 is 1.12. The second-order valence-electron chi connectivity index (χ2n) is 6.78. The summed E-state index contributed by atoms with van der Waals surface area (Å²) in [4.78, 5) is 36.1. The summed E-state index contributed by atoms with van der Waals surface area (Å²) in [6, 6.07) is -2.83. The van der Waals surface area contributed by atoms with Crippen LogP contribution in [0.25, 0.3) is 11.2 Å². The Morgan fingerprint density at radius 2 is 2.00 bits per heavy atom. The highest BCUT2D eigenvalue weighted by Gasteiger charge is 2.44. The van der Waals surface area contributed by atoms with E-state index in [4.69, 9.17) is 14.9 Å². The van der Waals surface area contributed by atoms with Crippen LogP contribution in [0.5, 0.6) is 0 Å². The number of carbonyl (C=O) groups excluding carboxylic acids is 1. The molecule has 1 aliphatic rings. The number of hydrogen-bond acceptors (Lipinski definition) is 12. The van der Waals surface area contributed by atoms with Gasteiger partial charge in [-0.1, -0.05) is 11.8 Å². The Morgan fingerprint density at radius 1 is 1.28 bits per heavy atom. The van der Waals surface area contributed by atoms with Crippen LogP contribution < -0.4 is 10.6 Å². The first-order chi connectivity index (χ1) is 15.2. The van der Waals surface area contributed by atoms with Crippen LogP contribution in [0.4, 0.5) is 10.6 Å². The molecule has 1 saturated heterocycles. The number of urea groups is 1. The number of aliphatic hydroxyl groups is 5. The Bertz CT molecular complexity index is 990. The Hall–Kier alpha value is -2.60. The largest absolute Gasteiger partial charge is 0.480 e. The van der Waals surface area contributed by atoms with Crippen molar-refractivity contribution in [2.75, 3.05) is 24.8 Å². The Labute approximate surface area is 184 Å². The van der Waals surface area contributed by atoms with Crippen molar-refractivity contribution in [1.29, 1.82) is 0 Å². The molecule has 3 rings (SSSR count). The van der Waals surface area contributed by atoms with Gasteiger partial charge in [-0.15, -0.1) is 0 Å². The minimum absolute atomic E-state index is 0.0604. The van der Waals surface area contributed by atoms with Gasteiger partial charge in [-0.25, -0.2) is 24.5 Å². The summed E-state index contributed by atoms with van der Waals surface area (Å²) in [6.07, 6.45) is -3.74. The molecule has 2 aromatic rings. The fourth-order valence-corrected chi connectivity index (χ4v) is 3.44. The molecule has 2 unspecified atom stereocenters. The van der Waals surface area contributed by atoms with E-state index in [2.05, 4.69) is 20.3 Å². The molecule has 0 radical (unpaired) electrons. The van der Waals surface area contributed by atoms with E-state index < -0.39 is 61.9 Å². The van der Waals surface area contributed by atoms with Gasteiger partial charge in [-0.3, -0.25) is 9.88 Å². The average Bonchev–Trinajstić information content (AvgIpc) is 3.32. The van der Waals surface area contributed by atoms with Gasteiger partial charge in [0, 0.05) is 0 Å². The van der Waals surface area contributed by atoms with Gasteiger partial charge < -0.3 is 40.7 Å². The number of thioether (sulfide) groups is 1. The number of aromatic nitrogens is 4. The van der Waals surface area contributed by atoms with Gasteiger partial charge in [-0.05, 0) is 6.26 Å². The molecule has 2 aromatic heterocycles. The third kappa shape index (κ3) is 4.60. The van der Waals surface area contributed by atoms with Crippen LogP contribution in [0.1, 0.15) is 6.23 Å². The number of hydrogen-bond donors (Lipinski definition) is 8. The summed E-state index contributed by atoms with van der Waals surface area (Å²) in [7, 11) is 0. The number of carboxylic acid groups (broad SMARTS) is 1. The zero-order chi connectivity index (χ0) is 23.6. The van der Waals surface area contributed by atoms with Gasteiger partial charge in [0.15, 0.2) is 34.4 Å². The molecule has 0 bridgehead atoms. The molecule has 0 saturated carbocycles. The van der Waals surface area contributed by atoms with Crippen LogP contribution in [-0.2, 0) is 9.53 Å².